The molecule has 0 radical (unpaired) electrons. The van der Waals surface area contributed by atoms with Crippen molar-refractivity contribution in [3.05, 3.63) is 58.4 Å². The molecule has 0 aromatic heterocycles. The van der Waals surface area contributed by atoms with Gasteiger partial charge in [-0.15, -0.1) is 0 Å². The number of benzene rings is 2. The Morgan fingerprint density at radius 3 is 2.25 bits per heavy atom. The Bertz CT molecular complexity index is 1170. The highest BCUT2D eigenvalue weighted by molar-refractivity contribution is 6.05. The van der Waals surface area contributed by atoms with Crippen LogP contribution in [0, 0.1) is 18.2 Å². The van der Waals surface area contributed by atoms with Crippen molar-refractivity contribution in [2.45, 2.75) is 46.6 Å². The van der Waals surface area contributed by atoms with E-state index in [2.05, 4.69) is 5.32 Å². The van der Waals surface area contributed by atoms with Gasteiger partial charge >= 0.3 is 0 Å². The first-order valence-electron chi connectivity index (χ1n) is 12.3. The zero-order valence-corrected chi connectivity index (χ0v) is 22.1. The second-order valence-corrected chi connectivity index (χ2v) is 11.0. The number of halogens is 1. The van der Waals surface area contributed by atoms with Gasteiger partial charge in [-0.2, -0.15) is 0 Å². The molecule has 0 aliphatic heterocycles. The van der Waals surface area contributed by atoms with E-state index in [4.69, 9.17) is 5.73 Å². The first-order valence-corrected chi connectivity index (χ1v) is 12.3. The maximum atomic E-state index is 14.8. The number of rotatable bonds is 9. The summed E-state index contributed by atoms with van der Waals surface area (Å²) < 4.78 is 14.8. The van der Waals surface area contributed by atoms with Crippen LogP contribution in [-0.4, -0.2) is 67.3 Å². The molecule has 194 valence electrons. The summed E-state index contributed by atoms with van der Waals surface area (Å²) in [5.74, 6) is -1.85. The number of primary amides is 1. The van der Waals surface area contributed by atoms with Crippen molar-refractivity contribution in [3.63, 3.8) is 0 Å². The molecule has 2 aromatic rings. The molecule has 0 saturated heterocycles. The number of likely N-dealkylation sites (N-methyl/N-ethyl adjacent to an activating group) is 1. The lowest BCUT2D eigenvalue weighted by Crippen LogP contribution is -2.38. The average Bonchev–Trinajstić information content (AvgIpc) is 3.63. The molecule has 1 saturated carbocycles. The summed E-state index contributed by atoms with van der Waals surface area (Å²) in [6, 6.07) is 7.61. The van der Waals surface area contributed by atoms with E-state index in [1.807, 2.05) is 44.7 Å². The SMILES string of the molecule is Cc1c(F)cc(C(N)=O)cc1-c1ccc(C(=O)NCC(C)(C)C)cc1C(=O)N(CCN(C)C)C1CC1. The molecule has 36 heavy (non-hydrogen) atoms. The molecule has 8 heteroatoms. The summed E-state index contributed by atoms with van der Waals surface area (Å²) in [5, 5.41) is 2.92. The molecule has 7 nitrogen and oxygen atoms in total. The molecule has 0 heterocycles. The Labute approximate surface area is 212 Å². The molecule has 1 aliphatic rings. The Kier molecular flexibility index (Phi) is 8.19. The maximum absolute atomic E-state index is 14.8. The standard InChI is InChI=1S/C28H37FN4O3/c1-17-22(14-19(25(30)34)15-24(17)29)21-10-7-18(26(35)31-16-28(2,3)4)13-23(21)27(36)33(20-8-9-20)12-11-32(5)6/h7,10,13-15,20H,8-9,11-12,16H2,1-6H3,(H2,30,34)(H,31,35). The predicted octanol–water partition coefficient (Wildman–Crippen LogP) is 3.84. The summed E-state index contributed by atoms with van der Waals surface area (Å²) >= 11 is 0. The number of hydrogen-bond donors (Lipinski definition) is 2. The third kappa shape index (κ3) is 6.69. The smallest absolute Gasteiger partial charge is 0.254 e. The summed E-state index contributed by atoms with van der Waals surface area (Å²) in [4.78, 5) is 42.6. The van der Waals surface area contributed by atoms with Crippen molar-refractivity contribution in [1.29, 1.82) is 0 Å². The number of nitrogens with two attached hydrogens (primary N) is 1. The highest BCUT2D eigenvalue weighted by Crippen LogP contribution is 2.34. The highest BCUT2D eigenvalue weighted by Gasteiger charge is 2.34. The van der Waals surface area contributed by atoms with Crippen molar-refractivity contribution in [3.8, 4) is 11.1 Å². The van der Waals surface area contributed by atoms with Gasteiger partial charge in [-0.05, 0) is 80.2 Å². The van der Waals surface area contributed by atoms with Gasteiger partial charge in [0.2, 0.25) is 5.91 Å². The van der Waals surface area contributed by atoms with Crippen molar-refractivity contribution in [2.75, 3.05) is 33.7 Å². The van der Waals surface area contributed by atoms with Crippen LogP contribution in [0.4, 0.5) is 4.39 Å². The molecule has 0 spiro atoms. The number of nitrogens with zero attached hydrogens (tertiary/aromatic N) is 2. The fraction of sp³-hybridized carbons (Fsp3) is 0.464. The third-order valence-electron chi connectivity index (χ3n) is 6.25. The summed E-state index contributed by atoms with van der Waals surface area (Å²) in [6.07, 6.45) is 1.84. The molecule has 1 aliphatic carbocycles. The quantitative estimate of drug-likeness (QED) is 0.551. The Balaban J connectivity index is 2.12. The zero-order chi connectivity index (χ0) is 26.8. The summed E-state index contributed by atoms with van der Waals surface area (Å²) in [5.41, 5.74) is 7.15. The molecule has 3 amide bonds. The fourth-order valence-corrected chi connectivity index (χ4v) is 3.94. The van der Waals surface area contributed by atoms with E-state index in [0.717, 1.165) is 18.9 Å². The van der Waals surface area contributed by atoms with E-state index in [-0.39, 0.29) is 28.8 Å². The van der Waals surface area contributed by atoms with Crippen LogP contribution < -0.4 is 11.1 Å². The van der Waals surface area contributed by atoms with Gasteiger partial charge in [0.1, 0.15) is 5.82 Å². The van der Waals surface area contributed by atoms with Crippen LogP contribution in [-0.2, 0) is 0 Å². The van der Waals surface area contributed by atoms with Crippen molar-refractivity contribution < 1.29 is 18.8 Å². The van der Waals surface area contributed by atoms with Gasteiger partial charge < -0.3 is 20.9 Å². The third-order valence-corrected chi connectivity index (χ3v) is 6.25. The summed E-state index contributed by atoms with van der Waals surface area (Å²) in [6.45, 7) is 9.35. The van der Waals surface area contributed by atoms with Crippen LogP contribution >= 0.6 is 0 Å². The molecule has 2 aromatic carbocycles. The van der Waals surface area contributed by atoms with Gasteiger partial charge in [-0.3, -0.25) is 14.4 Å². The van der Waals surface area contributed by atoms with Crippen LogP contribution in [0.15, 0.2) is 30.3 Å². The average molecular weight is 497 g/mol. The van der Waals surface area contributed by atoms with E-state index >= 15 is 0 Å². The fourth-order valence-electron chi connectivity index (χ4n) is 3.94. The van der Waals surface area contributed by atoms with Gasteiger partial charge in [-0.25, -0.2) is 4.39 Å². The molecule has 0 atom stereocenters. The molecular formula is C28H37FN4O3. The van der Waals surface area contributed by atoms with Gasteiger partial charge in [0, 0.05) is 42.4 Å². The number of carbonyl (C=O) groups excluding carboxylic acids is 3. The van der Waals surface area contributed by atoms with Crippen molar-refractivity contribution in [2.24, 2.45) is 11.1 Å². The normalized spacial score (nSPS) is 13.6. The molecule has 3 N–H and O–H groups in total. The van der Waals surface area contributed by atoms with Crippen molar-refractivity contribution >= 4 is 17.7 Å². The van der Waals surface area contributed by atoms with E-state index in [1.165, 1.54) is 6.07 Å². The predicted molar refractivity (Wildman–Crippen MR) is 139 cm³/mol. The van der Waals surface area contributed by atoms with Crippen molar-refractivity contribution in [1.82, 2.24) is 15.1 Å². The van der Waals surface area contributed by atoms with Crippen LogP contribution in [0.2, 0.25) is 0 Å². The van der Waals surface area contributed by atoms with Gasteiger partial charge in [0.15, 0.2) is 0 Å². The van der Waals surface area contributed by atoms with Crippen LogP contribution in [0.3, 0.4) is 0 Å². The monoisotopic (exact) mass is 496 g/mol. The zero-order valence-electron chi connectivity index (χ0n) is 22.1. The topological polar surface area (TPSA) is 95.7 Å². The largest absolute Gasteiger partial charge is 0.366 e. The van der Waals surface area contributed by atoms with Gasteiger partial charge in [-0.1, -0.05) is 26.8 Å². The lowest BCUT2D eigenvalue weighted by molar-refractivity contribution is 0.0732. The highest BCUT2D eigenvalue weighted by atomic mass is 19.1. The number of hydrogen-bond acceptors (Lipinski definition) is 4. The van der Waals surface area contributed by atoms with E-state index < -0.39 is 11.7 Å². The first-order chi connectivity index (χ1) is 16.8. The second-order valence-electron chi connectivity index (χ2n) is 11.0. The molecule has 0 bridgehead atoms. The minimum absolute atomic E-state index is 0.0187. The Morgan fingerprint density at radius 1 is 1.03 bits per heavy atom. The number of nitrogens with one attached hydrogen (secondary N) is 1. The first kappa shape index (κ1) is 27.3. The molecule has 3 rings (SSSR count). The molecule has 0 unspecified atom stereocenters. The van der Waals surface area contributed by atoms with Crippen LogP contribution in [0.5, 0.6) is 0 Å². The van der Waals surface area contributed by atoms with Crippen LogP contribution in [0.25, 0.3) is 11.1 Å². The van der Waals surface area contributed by atoms with Gasteiger partial charge in [0.25, 0.3) is 11.8 Å². The van der Waals surface area contributed by atoms with E-state index in [1.54, 1.807) is 25.1 Å². The number of carbonyl (C=O) groups is 3. The van der Waals surface area contributed by atoms with Crippen LogP contribution in [0.1, 0.15) is 70.3 Å². The minimum atomic E-state index is -0.758. The number of amides is 3. The maximum Gasteiger partial charge on any atom is 0.254 e. The Morgan fingerprint density at radius 2 is 1.69 bits per heavy atom. The minimum Gasteiger partial charge on any atom is -0.366 e. The lowest BCUT2D eigenvalue weighted by atomic mass is 9.91. The Hall–Kier alpha value is -3.26. The lowest BCUT2D eigenvalue weighted by Gasteiger charge is -2.26. The van der Waals surface area contributed by atoms with E-state index in [0.29, 0.717) is 47.5 Å². The summed E-state index contributed by atoms with van der Waals surface area (Å²) in [7, 11) is 3.89. The second kappa shape index (κ2) is 10.8. The molecule has 1 fully saturated rings. The van der Waals surface area contributed by atoms with Gasteiger partial charge in [0.05, 0.1) is 0 Å². The molecular weight excluding hydrogens is 459 g/mol. The van der Waals surface area contributed by atoms with E-state index in [9.17, 15) is 18.8 Å².